The van der Waals surface area contributed by atoms with E-state index in [-0.39, 0.29) is 11.9 Å². The molecular formula is C19H21ClN2O2. The van der Waals surface area contributed by atoms with Crippen molar-refractivity contribution in [2.24, 2.45) is 0 Å². The molecule has 24 heavy (non-hydrogen) atoms. The van der Waals surface area contributed by atoms with Crippen LogP contribution >= 0.6 is 11.6 Å². The highest BCUT2D eigenvalue weighted by atomic mass is 35.5. The number of piperazine rings is 1. The van der Waals surface area contributed by atoms with Crippen LogP contribution in [-0.4, -0.2) is 37.0 Å². The van der Waals surface area contributed by atoms with Gasteiger partial charge in [-0.1, -0.05) is 23.7 Å². The third-order valence-corrected chi connectivity index (χ3v) is 4.69. The van der Waals surface area contributed by atoms with Crippen LogP contribution in [0.2, 0.25) is 5.02 Å². The number of anilines is 1. The van der Waals surface area contributed by atoms with Gasteiger partial charge in [0.2, 0.25) is 5.91 Å². The molecule has 0 N–H and O–H groups in total. The first-order valence-corrected chi connectivity index (χ1v) is 8.40. The molecule has 0 aromatic heterocycles. The summed E-state index contributed by atoms with van der Waals surface area (Å²) in [5, 5.41) is 0.677. The molecule has 0 saturated carbocycles. The first-order chi connectivity index (χ1) is 11.6. The fraction of sp³-hybridized carbons (Fsp3) is 0.316. The topological polar surface area (TPSA) is 32.8 Å². The Labute approximate surface area is 147 Å². The monoisotopic (exact) mass is 344 g/mol. The number of benzene rings is 2. The van der Waals surface area contributed by atoms with Crippen LogP contribution in [0.25, 0.3) is 0 Å². The average Bonchev–Trinajstić information content (AvgIpc) is 2.60. The summed E-state index contributed by atoms with van der Waals surface area (Å²) in [7, 11) is 1.66. The van der Waals surface area contributed by atoms with Crippen molar-refractivity contribution in [3.05, 3.63) is 59.1 Å². The summed E-state index contributed by atoms with van der Waals surface area (Å²) in [6, 6.07) is 15.2. The lowest BCUT2D eigenvalue weighted by molar-refractivity contribution is -0.125. The van der Waals surface area contributed by atoms with E-state index in [2.05, 4.69) is 11.0 Å². The summed E-state index contributed by atoms with van der Waals surface area (Å²) in [4.78, 5) is 16.8. The standard InChI is InChI=1S/C19H21ClN2O2/c1-14-19(23)22(17-8-6-16(20)7-9-17)11-10-21(14)13-15-4-3-5-18(12-15)24-2/h3-9,12,14H,10-11,13H2,1-2H3. The fourth-order valence-electron chi connectivity index (χ4n) is 3.01. The minimum absolute atomic E-state index is 0.117. The van der Waals surface area contributed by atoms with Crippen molar-refractivity contribution in [3.63, 3.8) is 0 Å². The fourth-order valence-corrected chi connectivity index (χ4v) is 3.14. The van der Waals surface area contributed by atoms with Crippen molar-refractivity contribution in [1.82, 2.24) is 4.90 Å². The Kier molecular flexibility index (Phi) is 5.07. The summed E-state index contributed by atoms with van der Waals surface area (Å²) in [6.45, 7) is 4.20. The molecule has 3 rings (SSSR count). The number of methoxy groups -OCH3 is 1. The van der Waals surface area contributed by atoms with Gasteiger partial charge < -0.3 is 9.64 Å². The third kappa shape index (κ3) is 3.55. The van der Waals surface area contributed by atoms with Gasteiger partial charge in [0.15, 0.2) is 0 Å². The maximum atomic E-state index is 12.8. The minimum Gasteiger partial charge on any atom is -0.497 e. The quantitative estimate of drug-likeness (QED) is 0.849. The number of carbonyl (C=O) groups is 1. The van der Waals surface area contributed by atoms with Gasteiger partial charge in [0, 0.05) is 30.3 Å². The largest absolute Gasteiger partial charge is 0.497 e. The van der Waals surface area contributed by atoms with Crippen LogP contribution in [0.1, 0.15) is 12.5 Å². The molecule has 0 spiro atoms. The molecule has 2 aromatic rings. The van der Waals surface area contributed by atoms with Gasteiger partial charge in [-0.15, -0.1) is 0 Å². The zero-order valence-electron chi connectivity index (χ0n) is 13.9. The van der Waals surface area contributed by atoms with E-state index in [1.165, 1.54) is 0 Å². The van der Waals surface area contributed by atoms with E-state index in [1.807, 2.05) is 54.3 Å². The van der Waals surface area contributed by atoms with Crippen LogP contribution in [-0.2, 0) is 11.3 Å². The highest BCUT2D eigenvalue weighted by Crippen LogP contribution is 2.24. The van der Waals surface area contributed by atoms with Crippen LogP contribution in [0.5, 0.6) is 5.75 Å². The second-order valence-electron chi connectivity index (χ2n) is 5.96. The molecule has 0 aliphatic carbocycles. The van der Waals surface area contributed by atoms with E-state index in [4.69, 9.17) is 16.3 Å². The van der Waals surface area contributed by atoms with Crippen molar-refractivity contribution in [1.29, 1.82) is 0 Å². The van der Waals surface area contributed by atoms with Crippen molar-refractivity contribution in [3.8, 4) is 5.75 Å². The molecule has 1 aliphatic heterocycles. The van der Waals surface area contributed by atoms with Gasteiger partial charge in [0.1, 0.15) is 5.75 Å². The van der Waals surface area contributed by atoms with Gasteiger partial charge in [0.25, 0.3) is 0 Å². The first-order valence-electron chi connectivity index (χ1n) is 8.02. The van der Waals surface area contributed by atoms with Crippen molar-refractivity contribution in [2.45, 2.75) is 19.5 Å². The van der Waals surface area contributed by atoms with Crippen LogP contribution < -0.4 is 9.64 Å². The van der Waals surface area contributed by atoms with Crippen LogP contribution in [0.3, 0.4) is 0 Å². The lowest BCUT2D eigenvalue weighted by atomic mass is 10.1. The highest BCUT2D eigenvalue weighted by Gasteiger charge is 2.32. The second kappa shape index (κ2) is 7.24. The zero-order valence-corrected chi connectivity index (χ0v) is 14.7. The molecule has 0 bridgehead atoms. The van der Waals surface area contributed by atoms with E-state index < -0.39 is 0 Å². The Bertz CT molecular complexity index is 718. The average molecular weight is 345 g/mol. The van der Waals surface area contributed by atoms with Crippen molar-refractivity contribution < 1.29 is 9.53 Å². The lowest BCUT2D eigenvalue weighted by Crippen LogP contribution is -2.55. The summed E-state index contributed by atoms with van der Waals surface area (Å²) in [6.07, 6.45) is 0. The van der Waals surface area contributed by atoms with Crippen LogP contribution in [0.15, 0.2) is 48.5 Å². The maximum absolute atomic E-state index is 12.8. The number of halogens is 1. The predicted octanol–water partition coefficient (Wildman–Crippen LogP) is 3.59. The summed E-state index contributed by atoms with van der Waals surface area (Å²) >= 11 is 5.93. The summed E-state index contributed by atoms with van der Waals surface area (Å²) in [5.41, 5.74) is 2.05. The smallest absolute Gasteiger partial charge is 0.244 e. The number of carbonyl (C=O) groups excluding carboxylic acids is 1. The molecule has 1 saturated heterocycles. The Balaban J connectivity index is 1.71. The molecule has 2 aromatic carbocycles. The Morgan fingerprint density at radius 2 is 1.92 bits per heavy atom. The number of ether oxygens (including phenoxy) is 1. The van der Waals surface area contributed by atoms with E-state index in [0.717, 1.165) is 30.1 Å². The molecule has 0 radical (unpaired) electrons. The van der Waals surface area contributed by atoms with Gasteiger partial charge >= 0.3 is 0 Å². The third-order valence-electron chi connectivity index (χ3n) is 4.44. The molecule has 1 unspecified atom stereocenters. The number of rotatable bonds is 4. The van der Waals surface area contributed by atoms with Gasteiger partial charge in [-0.2, -0.15) is 0 Å². The minimum atomic E-state index is -0.166. The zero-order chi connectivity index (χ0) is 17.1. The van der Waals surface area contributed by atoms with Gasteiger partial charge in [0.05, 0.1) is 13.2 Å². The normalized spacial score (nSPS) is 18.7. The van der Waals surface area contributed by atoms with E-state index in [1.54, 1.807) is 7.11 Å². The molecule has 1 fully saturated rings. The first kappa shape index (κ1) is 16.8. The van der Waals surface area contributed by atoms with Gasteiger partial charge in [-0.05, 0) is 48.9 Å². The number of nitrogens with zero attached hydrogens (tertiary/aromatic N) is 2. The van der Waals surface area contributed by atoms with E-state index in [0.29, 0.717) is 11.6 Å². The molecule has 1 amide bonds. The lowest BCUT2D eigenvalue weighted by Gasteiger charge is -2.39. The summed E-state index contributed by atoms with van der Waals surface area (Å²) in [5.74, 6) is 0.956. The molecule has 5 heteroatoms. The summed E-state index contributed by atoms with van der Waals surface area (Å²) < 4.78 is 5.27. The maximum Gasteiger partial charge on any atom is 0.244 e. The van der Waals surface area contributed by atoms with Crippen molar-refractivity contribution in [2.75, 3.05) is 25.1 Å². The molecular weight excluding hydrogens is 324 g/mol. The molecule has 4 nitrogen and oxygen atoms in total. The molecule has 1 aliphatic rings. The van der Waals surface area contributed by atoms with E-state index in [9.17, 15) is 4.79 Å². The predicted molar refractivity (Wildman–Crippen MR) is 96.7 cm³/mol. The van der Waals surface area contributed by atoms with Gasteiger partial charge in [-0.25, -0.2) is 0 Å². The Hall–Kier alpha value is -2.04. The van der Waals surface area contributed by atoms with Crippen molar-refractivity contribution >= 4 is 23.2 Å². The Morgan fingerprint density at radius 1 is 1.17 bits per heavy atom. The SMILES string of the molecule is COc1cccc(CN2CCN(c3ccc(Cl)cc3)C(=O)C2C)c1. The number of hydrogen-bond donors (Lipinski definition) is 0. The van der Waals surface area contributed by atoms with Crippen LogP contribution in [0, 0.1) is 0 Å². The van der Waals surface area contributed by atoms with Gasteiger partial charge in [-0.3, -0.25) is 9.69 Å². The second-order valence-corrected chi connectivity index (χ2v) is 6.40. The highest BCUT2D eigenvalue weighted by molar-refractivity contribution is 6.30. The van der Waals surface area contributed by atoms with Crippen LogP contribution in [0.4, 0.5) is 5.69 Å². The molecule has 1 heterocycles. The molecule has 1 atom stereocenters. The number of hydrogen-bond acceptors (Lipinski definition) is 3. The molecule has 126 valence electrons. The van der Waals surface area contributed by atoms with E-state index >= 15 is 0 Å². The Morgan fingerprint density at radius 3 is 2.62 bits per heavy atom. The number of amides is 1.